The minimum Gasteiger partial charge on any atom is -0.328 e. The Morgan fingerprint density at radius 1 is 1.05 bits per heavy atom. The van der Waals surface area contributed by atoms with E-state index in [1.54, 1.807) is 11.3 Å². The van der Waals surface area contributed by atoms with Gasteiger partial charge in [-0.2, -0.15) is 0 Å². The minimum atomic E-state index is 0.375. The zero-order valence-electron chi connectivity index (χ0n) is 10.6. The minimum absolute atomic E-state index is 0.375. The molecule has 2 aromatic rings. The average molecular weight is 294 g/mol. The Morgan fingerprint density at radius 2 is 1.74 bits per heavy atom. The normalized spacial score (nSPS) is 23.5. The summed E-state index contributed by atoms with van der Waals surface area (Å²) in [6.07, 6.45) is 4.47. The van der Waals surface area contributed by atoms with Crippen LogP contribution in [0.2, 0.25) is 5.02 Å². The van der Waals surface area contributed by atoms with Crippen LogP contribution in [-0.4, -0.2) is 16.2 Å². The molecule has 1 heterocycles. The van der Waals surface area contributed by atoms with Crippen molar-refractivity contribution in [1.29, 1.82) is 0 Å². The average Bonchev–Trinajstić information content (AvgIpc) is 2.90. The van der Waals surface area contributed by atoms with Crippen LogP contribution in [0, 0.1) is 0 Å². The van der Waals surface area contributed by atoms with Crippen molar-refractivity contribution in [1.82, 2.24) is 10.2 Å². The Morgan fingerprint density at radius 3 is 2.42 bits per heavy atom. The number of nitrogens with zero attached hydrogens (tertiary/aromatic N) is 2. The maximum atomic E-state index is 5.94. The number of halogens is 1. The quantitative estimate of drug-likeness (QED) is 0.915. The molecule has 3 rings (SSSR count). The third-order valence-corrected chi connectivity index (χ3v) is 5.04. The van der Waals surface area contributed by atoms with Gasteiger partial charge in [-0.3, -0.25) is 0 Å². The van der Waals surface area contributed by atoms with E-state index in [-0.39, 0.29) is 0 Å². The lowest BCUT2D eigenvalue weighted by molar-refractivity contribution is 0.393. The van der Waals surface area contributed by atoms with E-state index in [4.69, 9.17) is 17.3 Å². The molecular weight excluding hydrogens is 278 g/mol. The lowest BCUT2D eigenvalue weighted by Crippen LogP contribution is -2.25. The lowest BCUT2D eigenvalue weighted by atomic mass is 9.87. The molecule has 0 unspecified atom stereocenters. The van der Waals surface area contributed by atoms with Gasteiger partial charge in [-0.1, -0.05) is 35.1 Å². The van der Waals surface area contributed by atoms with Crippen LogP contribution in [0.5, 0.6) is 0 Å². The van der Waals surface area contributed by atoms with E-state index < -0.39 is 0 Å². The Balaban J connectivity index is 1.77. The molecule has 1 aromatic heterocycles. The number of hydrogen-bond donors (Lipinski definition) is 1. The smallest absolute Gasteiger partial charge is 0.147 e. The van der Waals surface area contributed by atoms with Gasteiger partial charge >= 0.3 is 0 Å². The molecule has 19 heavy (non-hydrogen) atoms. The van der Waals surface area contributed by atoms with Crippen LogP contribution in [0.15, 0.2) is 24.3 Å². The predicted octanol–water partition coefficient (Wildman–Crippen LogP) is 3.84. The number of nitrogens with two attached hydrogens (primary N) is 1. The van der Waals surface area contributed by atoms with E-state index >= 15 is 0 Å². The summed E-state index contributed by atoms with van der Waals surface area (Å²) in [5.41, 5.74) is 7.02. The highest BCUT2D eigenvalue weighted by Crippen LogP contribution is 2.36. The van der Waals surface area contributed by atoms with E-state index in [0.717, 1.165) is 46.3 Å². The van der Waals surface area contributed by atoms with Gasteiger partial charge in [0.1, 0.15) is 10.0 Å². The van der Waals surface area contributed by atoms with E-state index in [1.807, 2.05) is 24.3 Å². The number of hydrogen-bond acceptors (Lipinski definition) is 4. The zero-order valence-corrected chi connectivity index (χ0v) is 12.1. The first kappa shape index (κ1) is 13.0. The fraction of sp³-hybridized carbons (Fsp3) is 0.429. The summed E-state index contributed by atoms with van der Waals surface area (Å²) in [7, 11) is 0. The first-order chi connectivity index (χ1) is 9.22. The molecule has 0 bridgehead atoms. The van der Waals surface area contributed by atoms with Crippen molar-refractivity contribution < 1.29 is 0 Å². The highest BCUT2D eigenvalue weighted by Gasteiger charge is 2.23. The summed E-state index contributed by atoms with van der Waals surface area (Å²) < 4.78 is 0. The van der Waals surface area contributed by atoms with Gasteiger partial charge < -0.3 is 5.73 Å². The van der Waals surface area contributed by atoms with E-state index in [2.05, 4.69) is 10.2 Å². The van der Waals surface area contributed by atoms with Crippen molar-refractivity contribution in [2.24, 2.45) is 5.73 Å². The van der Waals surface area contributed by atoms with Gasteiger partial charge in [-0.15, -0.1) is 10.2 Å². The van der Waals surface area contributed by atoms with Crippen molar-refractivity contribution in [3.8, 4) is 10.6 Å². The number of rotatable bonds is 2. The molecule has 0 spiro atoms. The van der Waals surface area contributed by atoms with Crippen LogP contribution in [0.1, 0.15) is 36.6 Å². The van der Waals surface area contributed by atoms with Gasteiger partial charge in [-0.25, -0.2) is 0 Å². The molecule has 1 saturated carbocycles. The molecule has 100 valence electrons. The van der Waals surface area contributed by atoms with Gasteiger partial charge in [0.05, 0.1) is 0 Å². The molecule has 0 amide bonds. The molecule has 2 N–H and O–H groups in total. The predicted molar refractivity (Wildman–Crippen MR) is 79.5 cm³/mol. The van der Waals surface area contributed by atoms with Crippen LogP contribution in [0.25, 0.3) is 10.6 Å². The molecule has 0 aliphatic heterocycles. The summed E-state index contributed by atoms with van der Waals surface area (Å²) in [4.78, 5) is 0. The Hall–Kier alpha value is -0.970. The molecule has 0 saturated heterocycles. The van der Waals surface area contributed by atoms with Crippen molar-refractivity contribution in [3.63, 3.8) is 0 Å². The molecule has 0 radical (unpaired) electrons. The number of benzene rings is 1. The first-order valence-electron chi connectivity index (χ1n) is 6.57. The second kappa shape index (κ2) is 5.57. The lowest BCUT2D eigenvalue weighted by Gasteiger charge is -2.23. The summed E-state index contributed by atoms with van der Waals surface area (Å²) in [6, 6.07) is 8.13. The monoisotopic (exact) mass is 293 g/mol. The van der Waals surface area contributed by atoms with Crippen LogP contribution in [0.3, 0.4) is 0 Å². The summed E-state index contributed by atoms with van der Waals surface area (Å²) >= 11 is 7.59. The van der Waals surface area contributed by atoms with E-state index in [0.29, 0.717) is 12.0 Å². The standard InChI is InChI=1S/C14H16ClN3S/c15-11-5-1-9(2-6-11)13-17-18-14(19-13)10-3-7-12(16)8-4-10/h1-2,5-6,10,12H,3-4,7-8,16H2. The fourth-order valence-electron chi connectivity index (χ4n) is 2.47. The highest BCUT2D eigenvalue weighted by molar-refractivity contribution is 7.14. The molecular formula is C14H16ClN3S. The van der Waals surface area contributed by atoms with Gasteiger partial charge in [0.2, 0.25) is 0 Å². The van der Waals surface area contributed by atoms with E-state index in [1.165, 1.54) is 0 Å². The van der Waals surface area contributed by atoms with E-state index in [9.17, 15) is 0 Å². The van der Waals surface area contributed by atoms with Crippen molar-refractivity contribution >= 4 is 22.9 Å². The maximum absolute atomic E-state index is 5.94. The topological polar surface area (TPSA) is 51.8 Å². The van der Waals surface area contributed by atoms with Crippen LogP contribution < -0.4 is 5.73 Å². The Bertz CT molecular complexity index is 544. The number of aromatic nitrogens is 2. The van der Waals surface area contributed by atoms with Crippen molar-refractivity contribution in [3.05, 3.63) is 34.3 Å². The summed E-state index contributed by atoms with van der Waals surface area (Å²) in [6.45, 7) is 0. The molecule has 0 atom stereocenters. The maximum Gasteiger partial charge on any atom is 0.147 e. The van der Waals surface area contributed by atoms with Crippen LogP contribution in [0.4, 0.5) is 0 Å². The second-order valence-corrected chi connectivity index (χ2v) is 6.51. The van der Waals surface area contributed by atoms with Crippen LogP contribution in [-0.2, 0) is 0 Å². The van der Waals surface area contributed by atoms with Gasteiger partial charge in [-0.05, 0) is 37.8 Å². The summed E-state index contributed by atoms with van der Waals surface area (Å²) in [5.74, 6) is 0.540. The third-order valence-electron chi connectivity index (χ3n) is 3.65. The van der Waals surface area contributed by atoms with Gasteiger partial charge in [0, 0.05) is 22.5 Å². The van der Waals surface area contributed by atoms with Crippen molar-refractivity contribution in [2.75, 3.05) is 0 Å². The van der Waals surface area contributed by atoms with Crippen LogP contribution >= 0.6 is 22.9 Å². The molecule has 1 aliphatic rings. The Labute approximate surface area is 121 Å². The zero-order chi connectivity index (χ0) is 13.2. The second-order valence-electron chi connectivity index (χ2n) is 5.06. The molecule has 5 heteroatoms. The third kappa shape index (κ3) is 2.96. The Kier molecular flexibility index (Phi) is 3.82. The molecule has 3 nitrogen and oxygen atoms in total. The molecule has 1 fully saturated rings. The largest absolute Gasteiger partial charge is 0.328 e. The van der Waals surface area contributed by atoms with Gasteiger partial charge in [0.25, 0.3) is 0 Å². The highest BCUT2D eigenvalue weighted by atomic mass is 35.5. The first-order valence-corrected chi connectivity index (χ1v) is 7.77. The SMILES string of the molecule is NC1CCC(c2nnc(-c3ccc(Cl)cc3)s2)CC1. The van der Waals surface area contributed by atoms with Gasteiger partial charge in [0.15, 0.2) is 0 Å². The summed E-state index contributed by atoms with van der Waals surface area (Å²) in [5, 5.41) is 11.5. The molecule has 1 aliphatic carbocycles. The molecule has 1 aromatic carbocycles. The fourth-order valence-corrected chi connectivity index (χ4v) is 3.62. The van der Waals surface area contributed by atoms with Crippen molar-refractivity contribution in [2.45, 2.75) is 37.6 Å².